The minimum absolute atomic E-state index is 0.00118. The van der Waals surface area contributed by atoms with Gasteiger partial charge in [0.15, 0.2) is 11.5 Å². The molecular weight excluding hydrogens is 396 g/mol. The minimum Gasteiger partial charge on any atom is -0.487 e. The van der Waals surface area contributed by atoms with E-state index in [1.807, 2.05) is 20.8 Å². The number of aromatic nitrogens is 3. The molecule has 0 atom stereocenters. The number of aromatic amines is 2. The average molecular weight is 419 g/mol. The number of halogens is 2. The second-order valence-corrected chi connectivity index (χ2v) is 8.22. The number of benzene rings is 1. The van der Waals surface area contributed by atoms with Crippen LogP contribution in [0.3, 0.4) is 0 Å². The minimum atomic E-state index is -2.95. The maximum Gasteiger partial charge on any atom is 0.387 e. The second kappa shape index (κ2) is 7.71. The van der Waals surface area contributed by atoms with Gasteiger partial charge in [-0.3, -0.25) is 4.79 Å². The number of nitrogens with zero attached hydrogens (tertiary/aromatic N) is 1. The maximum atomic E-state index is 12.8. The summed E-state index contributed by atoms with van der Waals surface area (Å²) in [5.41, 5.74) is 1.75. The molecule has 1 aliphatic rings. The van der Waals surface area contributed by atoms with Crippen LogP contribution in [0.2, 0.25) is 0 Å². The Bertz CT molecular complexity index is 1110. The quantitative estimate of drug-likeness (QED) is 0.593. The molecule has 0 unspecified atom stereocenters. The van der Waals surface area contributed by atoms with Gasteiger partial charge in [0, 0.05) is 11.1 Å². The molecule has 3 aromatic rings. The van der Waals surface area contributed by atoms with E-state index in [2.05, 4.69) is 19.9 Å². The van der Waals surface area contributed by atoms with Gasteiger partial charge in [-0.05, 0) is 51.8 Å². The molecule has 2 aromatic heterocycles. The Hall–Kier alpha value is -2.94. The molecule has 2 heterocycles. The molecule has 0 spiro atoms. The fraction of sp³-hybridized carbons (Fsp3) is 0.429. The van der Waals surface area contributed by atoms with Crippen molar-refractivity contribution < 1.29 is 23.0 Å². The van der Waals surface area contributed by atoms with Crippen molar-refractivity contribution in [2.24, 2.45) is 0 Å². The number of rotatable bonds is 7. The van der Waals surface area contributed by atoms with Crippen molar-refractivity contribution >= 4 is 10.9 Å². The first-order valence-corrected chi connectivity index (χ1v) is 9.69. The molecule has 0 radical (unpaired) electrons. The van der Waals surface area contributed by atoms with Gasteiger partial charge in [0.25, 0.3) is 5.56 Å². The molecule has 0 aliphatic heterocycles. The number of hydrogen-bond acceptors (Lipinski definition) is 5. The molecule has 1 fully saturated rings. The van der Waals surface area contributed by atoms with E-state index in [1.165, 1.54) is 12.3 Å². The van der Waals surface area contributed by atoms with Crippen LogP contribution >= 0.6 is 0 Å². The monoisotopic (exact) mass is 419 g/mol. The second-order valence-electron chi connectivity index (χ2n) is 8.22. The summed E-state index contributed by atoms with van der Waals surface area (Å²) in [6.07, 6.45) is 3.27. The van der Waals surface area contributed by atoms with E-state index in [9.17, 15) is 13.6 Å². The Labute approximate surface area is 171 Å². The van der Waals surface area contributed by atoms with Crippen LogP contribution in [0.25, 0.3) is 22.2 Å². The highest BCUT2D eigenvalue weighted by Crippen LogP contribution is 2.39. The van der Waals surface area contributed by atoms with Gasteiger partial charge in [-0.2, -0.15) is 13.9 Å². The predicted molar refractivity (Wildman–Crippen MR) is 107 cm³/mol. The Morgan fingerprint density at radius 2 is 2.00 bits per heavy atom. The Morgan fingerprint density at radius 1 is 1.23 bits per heavy atom. The van der Waals surface area contributed by atoms with Crippen molar-refractivity contribution in [1.29, 1.82) is 0 Å². The van der Waals surface area contributed by atoms with E-state index in [1.54, 1.807) is 12.1 Å². The first-order chi connectivity index (χ1) is 14.2. The van der Waals surface area contributed by atoms with Gasteiger partial charge in [-0.25, -0.2) is 5.10 Å². The molecule has 160 valence electrons. The van der Waals surface area contributed by atoms with Crippen molar-refractivity contribution in [1.82, 2.24) is 15.2 Å². The average Bonchev–Trinajstić information content (AvgIpc) is 3.38. The van der Waals surface area contributed by atoms with Crippen molar-refractivity contribution in [2.75, 3.05) is 0 Å². The summed E-state index contributed by atoms with van der Waals surface area (Å²) in [5.74, 6) is 0.215. The lowest BCUT2D eigenvalue weighted by atomic mass is 10.1. The van der Waals surface area contributed by atoms with Gasteiger partial charge in [0.1, 0.15) is 0 Å². The maximum absolute atomic E-state index is 12.8. The van der Waals surface area contributed by atoms with Crippen LogP contribution in [0.1, 0.15) is 39.2 Å². The van der Waals surface area contributed by atoms with Crippen LogP contribution < -0.4 is 15.0 Å². The molecule has 1 saturated carbocycles. The SMILES string of the molecule is CC(C)(C)OCc1c(-c2ccc(OC(F)F)c(OC3CC3)c2)[nH]c2cn[nH]c(=O)c12. The van der Waals surface area contributed by atoms with E-state index in [0.717, 1.165) is 12.8 Å². The van der Waals surface area contributed by atoms with E-state index < -0.39 is 12.2 Å². The van der Waals surface area contributed by atoms with Gasteiger partial charge >= 0.3 is 6.61 Å². The molecule has 7 nitrogen and oxygen atoms in total. The van der Waals surface area contributed by atoms with Crippen molar-refractivity contribution in [2.45, 2.75) is 58.5 Å². The summed E-state index contributed by atoms with van der Waals surface area (Å²) in [5, 5.41) is 6.73. The van der Waals surface area contributed by atoms with Gasteiger partial charge in [0.2, 0.25) is 0 Å². The molecule has 1 aromatic carbocycles. The number of alkyl halides is 2. The van der Waals surface area contributed by atoms with Crippen molar-refractivity contribution in [3.63, 3.8) is 0 Å². The standard InChI is InChI=1S/C21H23F2N3O4/c1-21(2,3)28-10-13-17-14(9-24-26-19(17)27)25-18(13)11-4-7-15(30-20(22)23)16(8-11)29-12-5-6-12/h4,7-9,12,20,25H,5-6,10H2,1-3H3,(H,26,27). The molecule has 1 aliphatic carbocycles. The third-order valence-corrected chi connectivity index (χ3v) is 4.64. The van der Waals surface area contributed by atoms with Gasteiger partial charge in [-0.1, -0.05) is 0 Å². The zero-order valence-electron chi connectivity index (χ0n) is 16.9. The number of nitrogens with one attached hydrogen (secondary N) is 2. The lowest BCUT2D eigenvalue weighted by Crippen LogP contribution is -2.19. The first-order valence-electron chi connectivity index (χ1n) is 9.69. The Kier molecular flexibility index (Phi) is 5.23. The lowest BCUT2D eigenvalue weighted by Gasteiger charge is -2.20. The molecule has 0 saturated heterocycles. The topological polar surface area (TPSA) is 89.2 Å². The molecule has 0 amide bonds. The summed E-state index contributed by atoms with van der Waals surface area (Å²) >= 11 is 0. The zero-order valence-corrected chi connectivity index (χ0v) is 16.9. The van der Waals surface area contributed by atoms with Gasteiger partial charge in [-0.15, -0.1) is 0 Å². The fourth-order valence-corrected chi connectivity index (χ4v) is 3.12. The third-order valence-electron chi connectivity index (χ3n) is 4.64. The molecule has 4 rings (SSSR count). The van der Waals surface area contributed by atoms with Gasteiger partial charge in [0.05, 0.1) is 41.1 Å². The summed E-state index contributed by atoms with van der Waals surface area (Å²) in [6, 6.07) is 4.73. The summed E-state index contributed by atoms with van der Waals surface area (Å²) < 4.78 is 41.9. The highest BCUT2D eigenvalue weighted by Gasteiger charge is 2.27. The van der Waals surface area contributed by atoms with Crippen LogP contribution in [-0.2, 0) is 11.3 Å². The van der Waals surface area contributed by atoms with E-state index in [0.29, 0.717) is 27.7 Å². The Morgan fingerprint density at radius 3 is 2.67 bits per heavy atom. The number of H-pyrrole nitrogens is 2. The van der Waals surface area contributed by atoms with Crippen LogP contribution in [0, 0.1) is 0 Å². The summed E-state index contributed by atoms with van der Waals surface area (Å²) in [4.78, 5) is 15.7. The smallest absolute Gasteiger partial charge is 0.387 e. The van der Waals surface area contributed by atoms with Crippen LogP contribution in [0.15, 0.2) is 29.2 Å². The van der Waals surface area contributed by atoms with Gasteiger partial charge < -0.3 is 19.2 Å². The predicted octanol–water partition coefficient (Wildman–Crippen LogP) is 4.38. The third kappa shape index (κ3) is 4.46. The van der Waals surface area contributed by atoms with Crippen molar-refractivity contribution in [3.8, 4) is 22.8 Å². The Balaban J connectivity index is 1.81. The lowest BCUT2D eigenvalue weighted by molar-refractivity contribution is -0.0516. The van der Waals surface area contributed by atoms with Crippen LogP contribution in [0.5, 0.6) is 11.5 Å². The zero-order chi connectivity index (χ0) is 21.5. The molecular formula is C21H23F2N3O4. The van der Waals surface area contributed by atoms with Crippen LogP contribution in [0.4, 0.5) is 8.78 Å². The van der Waals surface area contributed by atoms with Crippen LogP contribution in [-0.4, -0.2) is 33.5 Å². The first kappa shape index (κ1) is 20.3. The molecule has 9 heteroatoms. The summed E-state index contributed by atoms with van der Waals surface area (Å²) in [7, 11) is 0. The summed E-state index contributed by atoms with van der Waals surface area (Å²) in [6.45, 7) is 2.99. The fourth-order valence-electron chi connectivity index (χ4n) is 3.12. The highest BCUT2D eigenvalue weighted by molar-refractivity contribution is 5.89. The number of hydrogen-bond donors (Lipinski definition) is 2. The highest BCUT2D eigenvalue weighted by atomic mass is 19.3. The van der Waals surface area contributed by atoms with E-state index in [-0.39, 0.29) is 29.8 Å². The molecule has 30 heavy (non-hydrogen) atoms. The van der Waals surface area contributed by atoms with E-state index >= 15 is 0 Å². The number of fused-ring (bicyclic) bond motifs is 1. The molecule has 0 bridgehead atoms. The largest absolute Gasteiger partial charge is 0.487 e. The molecule has 2 N–H and O–H groups in total. The normalized spacial score (nSPS) is 14.5. The number of ether oxygens (including phenoxy) is 3. The van der Waals surface area contributed by atoms with Crippen molar-refractivity contribution in [3.05, 3.63) is 40.3 Å². The van der Waals surface area contributed by atoms with E-state index in [4.69, 9.17) is 9.47 Å².